The molecule has 1 atom stereocenters. The van der Waals surface area contributed by atoms with Gasteiger partial charge in [0.05, 0.1) is 27.9 Å². The molecule has 2 aromatic rings. The lowest BCUT2D eigenvalue weighted by Gasteiger charge is -2.19. The Morgan fingerprint density at radius 2 is 1.57 bits per heavy atom. The van der Waals surface area contributed by atoms with E-state index in [0.29, 0.717) is 29.7 Å². The normalized spacial score (nSPS) is 11.8. The number of rotatable bonds is 10. The molecule has 2 aromatic carbocycles. The van der Waals surface area contributed by atoms with Gasteiger partial charge in [-0.3, -0.25) is 0 Å². The first-order chi connectivity index (χ1) is 14.2. The predicted octanol–water partition coefficient (Wildman–Crippen LogP) is 4.58. The molecule has 0 aliphatic rings. The molecule has 2 rings (SSSR count). The highest BCUT2D eigenvalue weighted by Gasteiger charge is 2.13. The monoisotopic (exact) mass is 527 g/mol. The Bertz CT molecular complexity index is 760. The highest BCUT2D eigenvalue weighted by Crippen LogP contribution is 2.38. The molecule has 2 N–H and O–H groups in total. The van der Waals surface area contributed by atoms with Crippen LogP contribution in [0.3, 0.4) is 0 Å². The van der Waals surface area contributed by atoms with Crippen LogP contribution in [0.15, 0.2) is 47.5 Å². The zero-order valence-electron chi connectivity index (χ0n) is 18.5. The van der Waals surface area contributed by atoms with Gasteiger partial charge in [-0.15, -0.1) is 24.0 Å². The van der Waals surface area contributed by atoms with E-state index in [0.717, 1.165) is 31.0 Å². The molecule has 30 heavy (non-hydrogen) atoms. The van der Waals surface area contributed by atoms with Gasteiger partial charge in [-0.25, -0.2) is 4.99 Å². The van der Waals surface area contributed by atoms with E-state index in [9.17, 15) is 0 Å². The second-order valence-electron chi connectivity index (χ2n) is 6.63. The summed E-state index contributed by atoms with van der Waals surface area (Å²) in [7, 11) is 4.83. The Kier molecular flexibility index (Phi) is 12.0. The van der Waals surface area contributed by atoms with Gasteiger partial charge >= 0.3 is 0 Å². The van der Waals surface area contributed by atoms with E-state index in [4.69, 9.17) is 19.2 Å². The van der Waals surface area contributed by atoms with E-state index >= 15 is 0 Å². The molecular weight excluding hydrogens is 493 g/mol. The summed E-state index contributed by atoms with van der Waals surface area (Å²) in [6.45, 7) is 6.38. The van der Waals surface area contributed by atoms with Crippen LogP contribution in [0.1, 0.15) is 37.3 Å². The first-order valence-electron chi connectivity index (χ1n) is 10.0. The fraction of sp³-hybridized carbons (Fsp3) is 0.435. The predicted molar refractivity (Wildman–Crippen MR) is 134 cm³/mol. The molecule has 0 radical (unpaired) electrons. The van der Waals surface area contributed by atoms with Crippen molar-refractivity contribution in [3.05, 3.63) is 53.6 Å². The standard InChI is InChI=1S/C23H33N3O3.HI/c1-6-18(19-11-9-8-10-12-19)16-26-23(24-7-2)25-15-17-13-20(27-3)22(29-5)21(14-17)28-4;/h8-14,18H,6-7,15-16H2,1-5H3,(H2,24,25,26);1H. The van der Waals surface area contributed by atoms with Crippen LogP contribution in [-0.2, 0) is 6.54 Å². The molecule has 6 nitrogen and oxygen atoms in total. The van der Waals surface area contributed by atoms with Crippen molar-refractivity contribution < 1.29 is 14.2 Å². The van der Waals surface area contributed by atoms with Crippen molar-refractivity contribution in [3.8, 4) is 17.2 Å². The highest BCUT2D eigenvalue weighted by atomic mass is 127. The number of methoxy groups -OCH3 is 3. The summed E-state index contributed by atoms with van der Waals surface area (Å²) in [6.07, 6.45) is 1.06. The lowest BCUT2D eigenvalue weighted by molar-refractivity contribution is 0.324. The van der Waals surface area contributed by atoms with Crippen molar-refractivity contribution in [2.45, 2.75) is 32.7 Å². The van der Waals surface area contributed by atoms with Gasteiger partial charge in [0.15, 0.2) is 17.5 Å². The molecule has 7 heteroatoms. The number of benzene rings is 2. The number of aliphatic imine (C=N–C) groups is 1. The first kappa shape index (κ1) is 25.9. The average molecular weight is 527 g/mol. The molecule has 0 heterocycles. The summed E-state index contributed by atoms with van der Waals surface area (Å²) in [6, 6.07) is 14.4. The van der Waals surface area contributed by atoms with Crippen LogP contribution >= 0.6 is 24.0 Å². The van der Waals surface area contributed by atoms with Gasteiger partial charge in [0.25, 0.3) is 0 Å². The van der Waals surface area contributed by atoms with E-state index < -0.39 is 0 Å². The smallest absolute Gasteiger partial charge is 0.203 e. The van der Waals surface area contributed by atoms with E-state index in [1.807, 2.05) is 18.2 Å². The van der Waals surface area contributed by atoms with Crippen molar-refractivity contribution in [1.29, 1.82) is 0 Å². The molecule has 0 spiro atoms. The molecule has 0 aliphatic heterocycles. The molecule has 0 amide bonds. The number of hydrogen-bond acceptors (Lipinski definition) is 4. The van der Waals surface area contributed by atoms with Crippen LogP contribution < -0.4 is 24.8 Å². The minimum Gasteiger partial charge on any atom is -0.493 e. The van der Waals surface area contributed by atoms with Gasteiger partial charge in [0, 0.05) is 19.0 Å². The number of guanidine groups is 1. The fourth-order valence-corrected chi connectivity index (χ4v) is 3.18. The van der Waals surface area contributed by atoms with Crippen molar-refractivity contribution in [1.82, 2.24) is 10.6 Å². The molecular formula is C23H34IN3O3. The maximum Gasteiger partial charge on any atom is 0.203 e. The molecule has 0 aromatic heterocycles. The second kappa shape index (κ2) is 14.0. The van der Waals surface area contributed by atoms with E-state index in [1.165, 1.54) is 5.56 Å². The van der Waals surface area contributed by atoms with Crippen molar-refractivity contribution in [3.63, 3.8) is 0 Å². The van der Waals surface area contributed by atoms with Gasteiger partial charge in [0.1, 0.15) is 0 Å². The molecule has 1 unspecified atom stereocenters. The molecule has 0 saturated carbocycles. The molecule has 0 aliphatic carbocycles. The maximum absolute atomic E-state index is 5.43. The van der Waals surface area contributed by atoms with Gasteiger partial charge in [0.2, 0.25) is 5.75 Å². The third-order valence-corrected chi connectivity index (χ3v) is 4.77. The van der Waals surface area contributed by atoms with Gasteiger partial charge in [-0.1, -0.05) is 37.3 Å². The summed E-state index contributed by atoms with van der Waals surface area (Å²) in [5, 5.41) is 6.79. The molecule has 0 saturated heterocycles. The zero-order valence-corrected chi connectivity index (χ0v) is 20.9. The van der Waals surface area contributed by atoms with Crippen LogP contribution in [0.4, 0.5) is 0 Å². The quantitative estimate of drug-likeness (QED) is 0.269. The Labute approximate surface area is 197 Å². The molecule has 0 fully saturated rings. The Hall–Kier alpha value is -2.16. The largest absolute Gasteiger partial charge is 0.493 e. The fourth-order valence-electron chi connectivity index (χ4n) is 3.18. The average Bonchev–Trinajstić information content (AvgIpc) is 2.77. The van der Waals surface area contributed by atoms with E-state index in [1.54, 1.807) is 21.3 Å². The minimum atomic E-state index is 0. The van der Waals surface area contributed by atoms with E-state index in [-0.39, 0.29) is 24.0 Å². The Balaban J connectivity index is 0.00000450. The number of ether oxygens (including phenoxy) is 3. The number of hydrogen-bond donors (Lipinski definition) is 2. The number of nitrogens with zero attached hydrogens (tertiary/aromatic N) is 1. The van der Waals surface area contributed by atoms with Crippen LogP contribution in [0.25, 0.3) is 0 Å². The number of halogens is 1. The summed E-state index contributed by atoms with van der Waals surface area (Å²) in [5.74, 6) is 3.06. The second-order valence-corrected chi connectivity index (χ2v) is 6.63. The van der Waals surface area contributed by atoms with Gasteiger partial charge in [-0.05, 0) is 36.6 Å². The Morgan fingerprint density at radius 3 is 2.07 bits per heavy atom. The zero-order chi connectivity index (χ0) is 21.1. The summed E-state index contributed by atoms with van der Waals surface area (Å²) < 4.78 is 16.2. The maximum atomic E-state index is 5.43. The highest BCUT2D eigenvalue weighted by molar-refractivity contribution is 14.0. The first-order valence-corrected chi connectivity index (χ1v) is 10.0. The topological polar surface area (TPSA) is 64.1 Å². The van der Waals surface area contributed by atoms with Crippen molar-refractivity contribution >= 4 is 29.9 Å². The van der Waals surface area contributed by atoms with Crippen molar-refractivity contribution in [2.75, 3.05) is 34.4 Å². The lowest BCUT2D eigenvalue weighted by Crippen LogP contribution is -2.39. The van der Waals surface area contributed by atoms with Gasteiger partial charge in [-0.2, -0.15) is 0 Å². The van der Waals surface area contributed by atoms with Crippen LogP contribution in [0.5, 0.6) is 17.2 Å². The Morgan fingerprint density at radius 1 is 0.933 bits per heavy atom. The summed E-state index contributed by atoms with van der Waals surface area (Å²) >= 11 is 0. The molecule has 166 valence electrons. The van der Waals surface area contributed by atoms with Crippen LogP contribution in [0.2, 0.25) is 0 Å². The number of nitrogens with one attached hydrogen (secondary N) is 2. The third-order valence-electron chi connectivity index (χ3n) is 4.77. The van der Waals surface area contributed by atoms with E-state index in [2.05, 4.69) is 48.7 Å². The SMILES string of the molecule is CCNC(=NCc1cc(OC)c(OC)c(OC)c1)NCC(CC)c1ccccc1.I. The van der Waals surface area contributed by atoms with Crippen LogP contribution in [-0.4, -0.2) is 40.4 Å². The molecule has 0 bridgehead atoms. The minimum absolute atomic E-state index is 0. The van der Waals surface area contributed by atoms with Gasteiger partial charge < -0.3 is 24.8 Å². The summed E-state index contributed by atoms with van der Waals surface area (Å²) in [5.41, 5.74) is 2.31. The summed E-state index contributed by atoms with van der Waals surface area (Å²) in [4.78, 5) is 4.73. The van der Waals surface area contributed by atoms with Crippen molar-refractivity contribution in [2.24, 2.45) is 4.99 Å². The van der Waals surface area contributed by atoms with Crippen LogP contribution in [0, 0.1) is 0 Å². The lowest BCUT2D eigenvalue weighted by atomic mass is 9.97. The third kappa shape index (κ3) is 7.27.